The number of hydrogen-bond donors (Lipinski definition) is 0. The Hall–Kier alpha value is -2.55. The van der Waals surface area contributed by atoms with Crippen molar-refractivity contribution in [2.24, 2.45) is 5.92 Å². The maximum Gasteiger partial charge on any atom is 0.167 e. The zero-order valence-electron chi connectivity index (χ0n) is 15.0. The van der Waals surface area contributed by atoms with E-state index in [1.807, 2.05) is 24.3 Å². The highest BCUT2D eigenvalue weighted by Gasteiger charge is 2.41. The molecule has 0 amide bonds. The third-order valence-electron chi connectivity index (χ3n) is 5.64. The Labute approximate surface area is 158 Å². The topological polar surface area (TPSA) is 53.3 Å². The van der Waals surface area contributed by atoms with Crippen LogP contribution in [0.15, 0.2) is 48.5 Å². The van der Waals surface area contributed by atoms with Crippen molar-refractivity contribution >= 4 is 5.78 Å². The van der Waals surface area contributed by atoms with Gasteiger partial charge in [0.15, 0.2) is 5.78 Å². The van der Waals surface area contributed by atoms with Crippen LogP contribution in [0, 0.1) is 23.1 Å². The van der Waals surface area contributed by atoms with E-state index in [4.69, 9.17) is 4.74 Å². The minimum atomic E-state index is -0.631. The Morgan fingerprint density at radius 2 is 1.81 bits per heavy atom. The van der Waals surface area contributed by atoms with E-state index in [1.54, 1.807) is 6.07 Å². The van der Waals surface area contributed by atoms with Crippen molar-refractivity contribution < 1.29 is 13.9 Å². The number of nitriles is 1. The van der Waals surface area contributed by atoms with Gasteiger partial charge in [-0.3, -0.25) is 9.69 Å². The van der Waals surface area contributed by atoms with Crippen LogP contribution in [-0.4, -0.2) is 36.0 Å². The second-order valence-corrected chi connectivity index (χ2v) is 7.31. The Morgan fingerprint density at radius 1 is 1.11 bits per heavy atom. The lowest BCUT2D eigenvalue weighted by atomic mass is 9.79. The summed E-state index contributed by atoms with van der Waals surface area (Å²) < 4.78 is 19.6. The van der Waals surface area contributed by atoms with Crippen LogP contribution in [0.1, 0.15) is 34.3 Å². The Kier molecular flexibility index (Phi) is 5.02. The largest absolute Gasteiger partial charge is 0.378 e. The number of halogens is 1. The first-order valence-electron chi connectivity index (χ1n) is 9.27. The lowest BCUT2D eigenvalue weighted by Gasteiger charge is -2.48. The minimum Gasteiger partial charge on any atom is -0.378 e. The molecule has 2 heterocycles. The number of nitrogens with zero attached hydrogens (tertiary/aromatic N) is 2. The van der Waals surface area contributed by atoms with E-state index in [2.05, 4.69) is 17.0 Å². The molecule has 0 aliphatic carbocycles. The van der Waals surface area contributed by atoms with E-state index in [9.17, 15) is 14.4 Å². The number of ether oxygens (including phenoxy) is 1. The highest BCUT2D eigenvalue weighted by molar-refractivity contribution is 6.00. The number of fused-ring (bicyclic) bond motifs is 2. The number of hydrogen-bond acceptors (Lipinski definition) is 4. The van der Waals surface area contributed by atoms with Crippen molar-refractivity contribution in [2.75, 3.05) is 13.2 Å². The van der Waals surface area contributed by atoms with E-state index in [0.717, 1.165) is 6.54 Å². The summed E-state index contributed by atoms with van der Waals surface area (Å²) in [5, 5.41) is 9.24. The van der Waals surface area contributed by atoms with Crippen LogP contribution in [0.3, 0.4) is 0 Å². The van der Waals surface area contributed by atoms with Gasteiger partial charge in [0.25, 0.3) is 0 Å². The van der Waals surface area contributed by atoms with Gasteiger partial charge in [0.05, 0.1) is 18.8 Å². The molecule has 2 aromatic carbocycles. The molecule has 2 aliphatic heterocycles. The number of piperidine rings is 1. The molecule has 5 heteroatoms. The third kappa shape index (κ3) is 3.51. The molecule has 4 nitrogen and oxygen atoms in total. The van der Waals surface area contributed by atoms with Gasteiger partial charge in [-0.2, -0.15) is 5.26 Å². The van der Waals surface area contributed by atoms with Crippen molar-refractivity contribution in [2.45, 2.75) is 31.5 Å². The van der Waals surface area contributed by atoms with Crippen LogP contribution in [0.25, 0.3) is 0 Å². The Balaban J connectivity index is 1.54. The molecule has 0 saturated carbocycles. The van der Waals surface area contributed by atoms with Crippen molar-refractivity contribution in [3.63, 3.8) is 0 Å². The fraction of sp³-hybridized carbons (Fsp3) is 0.364. The molecule has 2 aliphatic rings. The van der Waals surface area contributed by atoms with Gasteiger partial charge >= 0.3 is 0 Å². The molecule has 138 valence electrons. The lowest BCUT2D eigenvalue weighted by Crippen LogP contribution is -2.57. The molecule has 0 N–H and O–H groups in total. The van der Waals surface area contributed by atoms with Gasteiger partial charge in [-0.25, -0.2) is 4.39 Å². The first-order chi connectivity index (χ1) is 13.2. The van der Waals surface area contributed by atoms with Crippen LogP contribution >= 0.6 is 0 Å². The smallest absolute Gasteiger partial charge is 0.167 e. The molecule has 4 rings (SSSR count). The van der Waals surface area contributed by atoms with E-state index < -0.39 is 5.82 Å². The summed E-state index contributed by atoms with van der Waals surface area (Å²) in [5.74, 6) is -0.958. The zero-order chi connectivity index (χ0) is 18.8. The first-order valence-corrected chi connectivity index (χ1v) is 9.27. The molecule has 0 radical (unpaired) electrons. The number of carbonyl (C=O) groups is 1. The van der Waals surface area contributed by atoms with Gasteiger partial charge in [0.1, 0.15) is 11.9 Å². The number of ketones is 1. The third-order valence-corrected chi connectivity index (χ3v) is 5.64. The number of rotatable bonds is 4. The summed E-state index contributed by atoms with van der Waals surface area (Å²) in [6.07, 6.45) is 1.34. The van der Waals surface area contributed by atoms with Crippen molar-refractivity contribution in [1.29, 1.82) is 5.26 Å². The molecule has 0 aromatic heterocycles. The molecule has 2 saturated heterocycles. The number of benzene rings is 2. The molecular weight excluding hydrogens is 343 g/mol. The van der Waals surface area contributed by atoms with E-state index in [1.165, 1.54) is 17.7 Å². The van der Waals surface area contributed by atoms with Crippen molar-refractivity contribution in [3.05, 3.63) is 71.0 Å². The number of Topliss-reactive ketones (excluding diaryl/α,β-unsaturated/α-hetero) is 1. The summed E-state index contributed by atoms with van der Waals surface area (Å²) in [6, 6.07) is 16.7. The molecule has 2 fully saturated rings. The molecule has 2 bridgehead atoms. The minimum absolute atomic E-state index is 0.123. The first kappa shape index (κ1) is 17.8. The van der Waals surface area contributed by atoms with E-state index in [-0.39, 0.29) is 34.9 Å². The number of morpholine rings is 1. The summed E-state index contributed by atoms with van der Waals surface area (Å²) in [6.45, 7) is 2.03. The summed E-state index contributed by atoms with van der Waals surface area (Å²) in [4.78, 5) is 15.5. The van der Waals surface area contributed by atoms with Gasteiger partial charge in [-0.1, -0.05) is 36.4 Å². The normalized spacial score (nSPS) is 25.0. The average Bonchev–Trinajstić information content (AvgIpc) is 2.68. The van der Waals surface area contributed by atoms with Crippen molar-refractivity contribution in [3.8, 4) is 6.07 Å². The zero-order valence-corrected chi connectivity index (χ0v) is 15.0. The quantitative estimate of drug-likeness (QED) is 0.779. The number of carbonyl (C=O) groups excluding carboxylic acids is 1. The predicted octanol–water partition coefficient (Wildman–Crippen LogP) is 3.56. The lowest BCUT2D eigenvalue weighted by molar-refractivity contribution is -0.0872. The average molecular weight is 364 g/mol. The summed E-state index contributed by atoms with van der Waals surface area (Å²) in [5.41, 5.74) is 1.31. The predicted molar refractivity (Wildman–Crippen MR) is 98.5 cm³/mol. The van der Waals surface area contributed by atoms with Crippen LogP contribution < -0.4 is 0 Å². The van der Waals surface area contributed by atoms with E-state index in [0.29, 0.717) is 26.1 Å². The van der Waals surface area contributed by atoms with Crippen LogP contribution in [0.5, 0.6) is 0 Å². The Morgan fingerprint density at radius 3 is 2.48 bits per heavy atom. The van der Waals surface area contributed by atoms with Crippen LogP contribution in [-0.2, 0) is 11.3 Å². The molecule has 2 atom stereocenters. The van der Waals surface area contributed by atoms with E-state index >= 15 is 0 Å². The second-order valence-electron chi connectivity index (χ2n) is 7.31. The molecular formula is C22H21FN2O2. The summed E-state index contributed by atoms with van der Waals surface area (Å²) >= 11 is 0. The highest BCUT2D eigenvalue weighted by atomic mass is 19.1. The molecule has 2 unspecified atom stereocenters. The van der Waals surface area contributed by atoms with Gasteiger partial charge < -0.3 is 4.74 Å². The molecule has 0 spiro atoms. The van der Waals surface area contributed by atoms with Crippen LogP contribution in [0.2, 0.25) is 0 Å². The van der Waals surface area contributed by atoms with Crippen LogP contribution in [0.4, 0.5) is 4.39 Å². The fourth-order valence-corrected chi connectivity index (χ4v) is 4.32. The fourth-order valence-electron chi connectivity index (χ4n) is 4.32. The summed E-state index contributed by atoms with van der Waals surface area (Å²) in [7, 11) is 0. The standard InChI is InChI=1S/C22H21FN2O2/c23-21-8-4-7-19(20(21)11-24)22(26)16-9-17-13-27-14-18(10-16)25(17)12-15-5-2-1-3-6-15/h1-8,16-18H,9-10,12-14H2. The van der Waals surface area contributed by atoms with Gasteiger partial charge in [0, 0.05) is 30.1 Å². The Bertz CT molecular complexity index is 864. The highest BCUT2D eigenvalue weighted by Crippen LogP contribution is 2.35. The molecule has 2 aromatic rings. The SMILES string of the molecule is N#Cc1c(F)cccc1C(=O)C1CC2COCC(C1)N2Cc1ccccc1. The monoisotopic (exact) mass is 364 g/mol. The second kappa shape index (κ2) is 7.59. The maximum absolute atomic E-state index is 13.9. The molecule has 27 heavy (non-hydrogen) atoms. The van der Waals surface area contributed by atoms with Crippen molar-refractivity contribution in [1.82, 2.24) is 4.90 Å². The van der Waals surface area contributed by atoms with Gasteiger partial charge in [-0.15, -0.1) is 0 Å². The van der Waals surface area contributed by atoms with Gasteiger partial charge in [0.2, 0.25) is 0 Å². The maximum atomic E-state index is 13.9. The van der Waals surface area contributed by atoms with Gasteiger partial charge in [-0.05, 0) is 30.5 Å².